The van der Waals surface area contributed by atoms with Gasteiger partial charge in [-0.25, -0.2) is 4.98 Å². The SMILES string of the molecule is CC(Nc1nc2ccccc2s1)c1ccco1. The van der Waals surface area contributed by atoms with Gasteiger partial charge in [-0.3, -0.25) is 0 Å². The number of para-hydroxylation sites is 1. The van der Waals surface area contributed by atoms with Crippen LogP contribution in [0.15, 0.2) is 47.1 Å². The highest BCUT2D eigenvalue weighted by atomic mass is 32.1. The van der Waals surface area contributed by atoms with E-state index in [1.54, 1.807) is 17.6 Å². The highest BCUT2D eigenvalue weighted by Crippen LogP contribution is 2.28. The van der Waals surface area contributed by atoms with Gasteiger partial charge in [-0.1, -0.05) is 23.5 Å². The summed E-state index contributed by atoms with van der Waals surface area (Å²) in [5.74, 6) is 0.921. The number of hydrogen-bond acceptors (Lipinski definition) is 4. The van der Waals surface area contributed by atoms with Crippen molar-refractivity contribution in [3.8, 4) is 0 Å². The standard InChI is InChI=1S/C13H12N2OS/c1-9(11-6-4-8-16-11)14-13-15-10-5-2-3-7-12(10)17-13/h2-9H,1H3,(H,14,15). The smallest absolute Gasteiger partial charge is 0.184 e. The fraction of sp³-hybridized carbons (Fsp3) is 0.154. The lowest BCUT2D eigenvalue weighted by atomic mass is 10.3. The number of nitrogens with one attached hydrogen (secondary N) is 1. The molecule has 4 heteroatoms. The van der Waals surface area contributed by atoms with Gasteiger partial charge in [0, 0.05) is 0 Å². The van der Waals surface area contributed by atoms with E-state index in [9.17, 15) is 0 Å². The molecule has 1 unspecified atom stereocenters. The highest BCUT2D eigenvalue weighted by Gasteiger charge is 2.10. The van der Waals surface area contributed by atoms with Crippen molar-refractivity contribution in [2.75, 3.05) is 5.32 Å². The van der Waals surface area contributed by atoms with Gasteiger partial charge in [0.25, 0.3) is 0 Å². The molecule has 17 heavy (non-hydrogen) atoms. The first kappa shape index (κ1) is 10.4. The number of rotatable bonds is 3. The molecule has 86 valence electrons. The molecule has 0 saturated carbocycles. The van der Waals surface area contributed by atoms with Gasteiger partial charge in [-0.15, -0.1) is 0 Å². The summed E-state index contributed by atoms with van der Waals surface area (Å²) >= 11 is 1.66. The second kappa shape index (κ2) is 4.22. The molecular formula is C13H12N2OS. The number of aromatic nitrogens is 1. The molecule has 2 aromatic heterocycles. The fourth-order valence-corrected chi connectivity index (χ4v) is 2.68. The molecule has 0 fully saturated rings. The Hall–Kier alpha value is -1.81. The van der Waals surface area contributed by atoms with Crippen LogP contribution in [0.5, 0.6) is 0 Å². The van der Waals surface area contributed by atoms with Crippen LogP contribution in [-0.4, -0.2) is 4.98 Å². The molecule has 0 amide bonds. The predicted molar refractivity (Wildman–Crippen MR) is 70.4 cm³/mol. The van der Waals surface area contributed by atoms with Crippen LogP contribution in [0.4, 0.5) is 5.13 Å². The minimum atomic E-state index is 0.130. The molecule has 1 aromatic carbocycles. The molecule has 1 N–H and O–H groups in total. The van der Waals surface area contributed by atoms with Gasteiger partial charge in [0.15, 0.2) is 5.13 Å². The van der Waals surface area contributed by atoms with Gasteiger partial charge >= 0.3 is 0 Å². The molecular weight excluding hydrogens is 232 g/mol. The van der Waals surface area contributed by atoms with Gasteiger partial charge in [0.2, 0.25) is 0 Å². The summed E-state index contributed by atoms with van der Waals surface area (Å²) in [6.07, 6.45) is 1.69. The van der Waals surface area contributed by atoms with Crippen molar-refractivity contribution in [1.82, 2.24) is 4.98 Å². The van der Waals surface area contributed by atoms with Crippen molar-refractivity contribution in [3.05, 3.63) is 48.4 Å². The Kier molecular flexibility index (Phi) is 2.57. The summed E-state index contributed by atoms with van der Waals surface area (Å²) in [5, 5.41) is 4.27. The average molecular weight is 244 g/mol. The van der Waals surface area contributed by atoms with Gasteiger partial charge in [0.05, 0.1) is 22.5 Å². The lowest BCUT2D eigenvalue weighted by Crippen LogP contribution is -2.04. The third-order valence-electron chi connectivity index (χ3n) is 2.60. The maximum atomic E-state index is 5.36. The Morgan fingerprint density at radius 1 is 1.24 bits per heavy atom. The van der Waals surface area contributed by atoms with E-state index >= 15 is 0 Å². The van der Waals surface area contributed by atoms with E-state index in [2.05, 4.69) is 23.3 Å². The van der Waals surface area contributed by atoms with Crippen LogP contribution in [0, 0.1) is 0 Å². The minimum Gasteiger partial charge on any atom is -0.467 e. The first-order chi connectivity index (χ1) is 8.33. The van der Waals surface area contributed by atoms with Gasteiger partial charge in [-0.2, -0.15) is 0 Å². The zero-order valence-electron chi connectivity index (χ0n) is 9.38. The van der Waals surface area contributed by atoms with Crippen molar-refractivity contribution in [2.24, 2.45) is 0 Å². The highest BCUT2D eigenvalue weighted by molar-refractivity contribution is 7.22. The Bertz CT molecular complexity index is 582. The van der Waals surface area contributed by atoms with Crippen molar-refractivity contribution in [1.29, 1.82) is 0 Å². The molecule has 0 bridgehead atoms. The van der Waals surface area contributed by atoms with Crippen molar-refractivity contribution in [2.45, 2.75) is 13.0 Å². The monoisotopic (exact) mass is 244 g/mol. The second-order valence-electron chi connectivity index (χ2n) is 3.87. The number of nitrogens with zero attached hydrogens (tertiary/aromatic N) is 1. The first-order valence-electron chi connectivity index (χ1n) is 5.48. The van der Waals surface area contributed by atoms with Crippen LogP contribution >= 0.6 is 11.3 Å². The topological polar surface area (TPSA) is 38.1 Å². The normalized spacial score (nSPS) is 12.8. The second-order valence-corrected chi connectivity index (χ2v) is 4.90. The van der Waals surface area contributed by atoms with Crippen molar-refractivity contribution < 1.29 is 4.42 Å². The lowest BCUT2D eigenvalue weighted by Gasteiger charge is -2.08. The van der Waals surface area contributed by atoms with E-state index in [0.29, 0.717) is 0 Å². The van der Waals surface area contributed by atoms with Gasteiger partial charge in [-0.05, 0) is 31.2 Å². The first-order valence-corrected chi connectivity index (χ1v) is 6.30. The van der Waals surface area contributed by atoms with Crippen LogP contribution in [0.3, 0.4) is 0 Å². The van der Waals surface area contributed by atoms with Crippen molar-refractivity contribution >= 4 is 26.7 Å². The van der Waals surface area contributed by atoms with Gasteiger partial charge in [0.1, 0.15) is 5.76 Å². The summed E-state index contributed by atoms with van der Waals surface area (Å²) in [6, 6.07) is 12.1. The van der Waals surface area contributed by atoms with Gasteiger partial charge < -0.3 is 9.73 Å². The number of hydrogen-bond donors (Lipinski definition) is 1. The number of thiazole rings is 1. The number of anilines is 1. The van der Waals surface area contributed by atoms with Crippen LogP contribution < -0.4 is 5.32 Å². The summed E-state index contributed by atoms with van der Waals surface area (Å²) in [7, 11) is 0. The molecule has 0 saturated heterocycles. The third-order valence-corrected chi connectivity index (χ3v) is 3.57. The maximum absolute atomic E-state index is 5.36. The molecule has 0 radical (unpaired) electrons. The zero-order chi connectivity index (χ0) is 11.7. The van der Waals surface area contributed by atoms with Crippen LogP contribution in [0.2, 0.25) is 0 Å². The van der Waals surface area contributed by atoms with Crippen LogP contribution in [0.25, 0.3) is 10.2 Å². The number of benzene rings is 1. The lowest BCUT2D eigenvalue weighted by molar-refractivity contribution is 0.490. The summed E-state index contributed by atoms with van der Waals surface area (Å²) in [4.78, 5) is 4.53. The molecule has 0 aliphatic heterocycles. The number of furan rings is 1. The fourth-order valence-electron chi connectivity index (χ4n) is 1.73. The third kappa shape index (κ3) is 2.03. The largest absolute Gasteiger partial charge is 0.467 e. The average Bonchev–Trinajstić information content (AvgIpc) is 2.97. The van der Waals surface area contributed by atoms with Crippen molar-refractivity contribution in [3.63, 3.8) is 0 Å². The molecule has 3 nitrogen and oxygen atoms in total. The molecule has 2 heterocycles. The Morgan fingerprint density at radius 2 is 2.12 bits per heavy atom. The minimum absolute atomic E-state index is 0.130. The maximum Gasteiger partial charge on any atom is 0.184 e. The summed E-state index contributed by atoms with van der Waals surface area (Å²) < 4.78 is 6.55. The summed E-state index contributed by atoms with van der Waals surface area (Å²) in [5.41, 5.74) is 1.03. The van der Waals surface area contributed by atoms with E-state index in [1.807, 2.05) is 30.3 Å². The van der Waals surface area contributed by atoms with E-state index < -0.39 is 0 Å². The molecule has 3 aromatic rings. The molecule has 0 spiro atoms. The van der Waals surface area contributed by atoms with E-state index in [-0.39, 0.29) is 6.04 Å². The van der Waals surface area contributed by atoms with E-state index in [4.69, 9.17) is 4.42 Å². The molecule has 0 aliphatic carbocycles. The molecule has 3 rings (SSSR count). The molecule has 1 atom stereocenters. The van der Waals surface area contributed by atoms with E-state index in [1.165, 1.54) is 4.70 Å². The van der Waals surface area contributed by atoms with Crippen LogP contribution in [-0.2, 0) is 0 Å². The van der Waals surface area contributed by atoms with E-state index in [0.717, 1.165) is 16.4 Å². The number of fused-ring (bicyclic) bond motifs is 1. The Balaban J connectivity index is 1.85. The molecule has 0 aliphatic rings. The quantitative estimate of drug-likeness (QED) is 0.755. The zero-order valence-corrected chi connectivity index (χ0v) is 10.2. The predicted octanol–water partition coefficient (Wildman–Crippen LogP) is 4.06. The van der Waals surface area contributed by atoms with Crippen LogP contribution in [0.1, 0.15) is 18.7 Å². The Morgan fingerprint density at radius 3 is 2.88 bits per heavy atom. The Labute approximate surface area is 103 Å². The summed E-state index contributed by atoms with van der Waals surface area (Å²) in [6.45, 7) is 2.06.